The van der Waals surface area contributed by atoms with Crippen LogP contribution in [0.4, 0.5) is 0 Å². The molecule has 3 rings (SSSR count). The lowest BCUT2D eigenvalue weighted by molar-refractivity contribution is -0.149. The van der Waals surface area contributed by atoms with Gasteiger partial charge in [0.2, 0.25) is 11.8 Å². The summed E-state index contributed by atoms with van der Waals surface area (Å²) in [7, 11) is 0. The summed E-state index contributed by atoms with van der Waals surface area (Å²) in [5.74, 6) is -2.26. The fourth-order valence-corrected chi connectivity index (χ4v) is 5.06. The minimum atomic E-state index is -1.15. The number of carbonyl (C=O) groups excluding carboxylic acids is 3. The Kier molecular flexibility index (Phi) is 8.57. The molecule has 2 aromatic carbocycles. The van der Waals surface area contributed by atoms with Gasteiger partial charge in [-0.3, -0.25) is 14.4 Å². The maximum absolute atomic E-state index is 13.1. The fraction of sp³-hybridized carbons (Fsp3) is 0.333. The van der Waals surface area contributed by atoms with Crippen molar-refractivity contribution in [2.24, 2.45) is 0 Å². The van der Waals surface area contributed by atoms with E-state index < -0.39 is 41.7 Å². The lowest BCUT2D eigenvalue weighted by Gasteiger charge is -2.29. The first-order valence-electron chi connectivity index (χ1n) is 10.7. The molecule has 1 aliphatic heterocycles. The van der Waals surface area contributed by atoms with Crippen molar-refractivity contribution in [1.82, 2.24) is 10.2 Å². The van der Waals surface area contributed by atoms with E-state index in [1.165, 1.54) is 17.9 Å². The van der Waals surface area contributed by atoms with E-state index in [1.807, 2.05) is 0 Å². The molecule has 1 fully saturated rings. The van der Waals surface area contributed by atoms with E-state index in [0.29, 0.717) is 17.0 Å². The average molecular weight is 505 g/mol. The van der Waals surface area contributed by atoms with Gasteiger partial charge in [-0.1, -0.05) is 53.7 Å². The highest BCUT2D eigenvalue weighted by molar-refractivity contribution is 8.14. The van der Waals surface area contributed by atoms with Crippen LogP contribution in [-0.2, 0) is 25.6 Å². The summed E-state index contributed by atoms with van der Waals surface area (Å²) in [6, 6.07) is 11.7. The van der Waals surface area contributed by atoms with Gasteiger partial charge >= 0.3 is 5.97 Å². The molecule has 3 N–H and O–H groups in total. The van der Waals surface area contributed by atoms with Crippen LogP contribution in [0.1, 0.15) is 36.9 Å². The highest BCUT2D eigenvalue weighted by Crippen LogP contribution is 2.39. The number of aromatic hydroxyl groups is 1. The van der Waals surface area contributed by atoms with Crippen LogP contribution >= 0.6 is 23.4 Å². The van der Waals surface area contributed by atoms with Crippen LogP contribution in [0.3, 0.4) is 0 Å². The Morgan fingerprint density at radius 3 is 2.41 bits per heavy atom. The molecule has 1 aliphatic rings. The van der Waals surface area contributed by atoms with Gasteiger partial charge < -0.3 is 20.4 Å². The number of thioether (sulfide) groups is 1. The van der Waals surface area contributed by atoms with Gasteiger partial charge in [-0.05, 0) is 43.0 Å². The zero-order valence-electron chi connectivity index (χ0n) is 18.4. The number of hydrogen-bond donors (Lipinski definition) is 3. The number of halogens is 1. The minimum Gasteiger partial charge on any atom is -0.508 e. The number of amides is 2. The van der Waals surface area contributed by atoms with Crippen molar-refractivity contribution in [3.8, 4) is 5.75 Å². The number of aliphatic carboxylic acids is 1. The van der Waals surface area contributed by atoms with Gasteiger partial charge in [-0.25, -0.2) is 4.79 Å². The number of para-hydroxylation sites is 1. The van der Waals surface area contributed by atoms with E-state index in [2.05, 4.69) is 5.32 Å². The molecule has 0 saturated carbocycles. The second-order valence-corrected chi connectivity index (χ2v) is 9.77. The van der Waals surface area contributed by atoms with Crippen molar-refractivity contribution in [3.05, 3.63) is 64.7 Å². The molecule has 0 spiro atoms. The summed E-state index contributed by atoms with van der Waals surface area (Å²) < 4.78 is 0. The van der Waals surface area contributed by atoms with Crippen LogP contribution in [0, 0.1) is 0 Å². The highest BCUT2D eigenvalue weighted by atomic mass is 35.5. The van der Waals surface area contributed by atoms with Gasteiger partial charge in [0.05, 0.1) is 17.8 Å². The molecule has 10 heteroatoms. The molecule has 3 atom stereocenters. The lowest BCUT2D eigenvalue weighted by Crippen LogP contribution is -2.47. The molecule has 8 nitrogen and oxygen atoms in total. The van der Waals surface area contributed by atoms with E-state index in [-0.39, 0.29) is 23.7 Å². The number of phenols is 1. The topological polar surface area (TPSA) is 124 Å². The molecule has 3 unspecified atom stereocenters. The van der Waals surface area contributed by atoms with Gasteiger partial charge in [0, 0.05) is 17.5 Å². The highest BCUT2D eigenvalue weighted by Gasteiger charge is 2.42. The third-order valence-electron chi connectivity index (χ3n) is 5.60. The van der Waals surface area contributed by atoms with Crippen LogP contribution in [-0.4, -0.2) is 55.8 Å². The SMILES string of the molecule is CC(=O)SC(Cc1ccc(Cl)cc1)C(=O)NCC(=O)N1C(C(=O)O)CCC1c1ccccc1O. The number of likely N-dealkylation sites (tertiary alicyclic amines) is 1. The molecule has 180 valence electrons. The monoisotopic (exact) mass is 504 g/mol. The molecule has 34 heavy (non-hydrogen) atoms. The number of carbonyl (C=O) groups is 4. The number of nitrogens with zero attached hydrogens (tertiary/aromatic N) is 1. The number of carboxylic acids is 1. The standard InChI is InChI=1S/C24H25ClN2O6S/c1-14(28)34-21(12-15-6-8-16(25)9-7-15)23(31)26-13-22(30)27-18(10-11-19(27)24(32)33)17-4-2-3-5-20(17)29/h2-9,18-19,21,29H,10-13H2,1H3,(H,26,31)(H,32,33). The Balaban J connectivity index is 1.72. The van der Waals surface area contributed by atoms with Crippen LogP contribution in [0.25, 0.3) is 0 Å². The quantitative estimate of drug-likeness (QED) is 0.504. The third kappa shape index (κ3) is 6.30. The van der Waals surface area contributed by atoms with Gasteiger partial charge in [0.1, 0.15) is 11.8 Å². The van der Waals surface area contributed by atoms with Crippen LogP contribution < -0.4 is 5.32 Å². The van der Waals surface area contributed by atoms with Crippen molar-refractivity contribution in [2.75, 3.05) is 6.54 Å². The molecule has 2 aromatic rings. The smallest absolute Gasteiger partial charge is 0.326 e. The first kappa shape index (κ1) is 25.6. The summed E-state index contributed by atoms with van der Waals surface area (Å²) >= 11 is 6.76. The Labute approximate surface area is 206 Å². The van der Waals surface area contributed by atoms with Crippen molar-refractivity contribution < 1.29 is 29.4 Å². The van der Waals surface area contributed by atoms with E-state index in [0.717, 1.165) is 17.3 Å². The number of rotatable bonds is 8. The summed E-state index contributed by atoms with van der Waals surface area (Å²) in [4.78, 5) is 50.6. The Morgan fingerprint density at radius 1 is 1.12 bits per heavy atom. The van der Waals surface area contributed by atoms with Gasteiger partial charge in [-0.2, -0.15) is 0 Å². The maximum Gasteiger partial charge on any atom is 0.326 e. The van der Waals surface area contributed by atoms with Gasteiger partial charge in [0.25, 0.3) is 0 Å². The van der Waals surface area contributed by atoms with Crippen molar-refractivity contribution in [1.29, 1.82) is 0 Å². The van der Waals surface area contributed by atoms with Crippen LogP contribution in [0.15, 0.2) is 48.5 Å². The predicted molar refractivity (Wildman–Crippen MR) is 129 cm³/mol. The molecule has 0 aromatic heterocycles. The van der Waals surface area contributed by atoms with Gasteiger partial charge in [-0.15, -0.1) is 0 Å². The summed E-state index contributed by atoms with van der Waals surface area (Å²) in [6.45, 7) is 0.929. The first-order valence-corrected chi connectivity index (χ1v) is 11.9. The maximum atomic E-state index is 13.1. The average Bonchev–Trinajstić information content (AvgIpc) is 3.23. The van der Waals surface area contributed by atoms with Crippen LogP contribution in [0.5, 0.6) is 5.75 Å². The van der Waals surface area contributed by atoms with Gasteiger partial charge in [0.15, 0.2) is 5.12 Å². The molecule has 1 saturated heterocycles. The largest absolute Gasteiger partial charge is 0.508 e. The normalized spacial score (nSPS) is 18.4. The molecule has 0 bridgehead atoms. The molecule has 2 amide bonds. The third-order valence-corrected chi connectivity index (χ3v) is 6.85. The molecular formula is C24H25ClN2O6S. The van der Waals surface area contributed by atoms with E-state index in [9.17, 15) is 29.4 Å². The summed E-state index contributed by atoms with van der Waals surface area (Å²) in [6.07, 6.45) is 0.852. The summed E-state index contributed by atoms with van der Waals surface area (Å²) in [5.41, 5.74) is 1.26. The summed E-state index contributed by atoms with van der Waals surface area (Å²) in [5, 5.41) is 21.9. The predicted octanol–water partition coefficient (Wildman–Crippen LogP) is 3.17. The fourth-order valence-electron chi connectivity index (χ4n) is 4.07. The minimum absolute atomic E-state index is 0.0266. The van der Waals surface area contributed by atoms with E-state index >= 15 is 0 Å². The van der Waals surface area contributed by atoms with Crippen LogP contribution in [0.2, 0.25) is 5.02 Å². The molecule has 1 heterocycles. The number of carboxylic acid groups (broad SMARTS) is 1. The Hall–Kier alpha value is -3.04. The second-order valence-electron chi connectivity index (χ2n) is 7.95. The Bertz CT molecular complexity index is 1080. The molecule has 0 radical (unpaired) electrons. The number of phenolic OH excluding ortho intramolecular Hbond substituents is 1. The number of nitrogens with one attached hydrogen (secondary N) is 1. The van der Waals surface area contributed by atoms with E-state index in [1.54, 1.807) is 42.5 Å². The molecule has 0 aliphatic carbocycles. The van der Waals surface area contributed by atoms with Crippen molar-refractivity contribution >= 4 is 46.3 Å². The van der Waals surface area contributed by atoms with Crippen molar-refractivity contribution in [3.63, 3.8) is 0 Å². The lowest BCUT2D eigenvalue weighted by atomic mass is 10.0. The zero-order valence-corrected chi connectivity index (χ0v) is 20.0. The van der Waals surface area contributed by atoms with Crippen molar-refractivity contribution in [2.45, 2.75) is 43.5 Å². The first-order chi connectivity index (χ1) is 16.2. The Morgan fingerprint density at radius 2 is 1.79 bits per heavy atom. The zero-order chi connectivity index (χ0) is 24.8. The number of benzene rings is 2. The second kappa shape index (κ2) is 11.4. The molecular weight excluding hydrogens is 480 g/mol. The van der Waals surface area contributed by atoms with E-state index in [4.69, 9.17) is 11.6 Å². The number of hydrogen-bond acceptors (Lipinski definition) is 6.